The van der Waals surface area contributed by atoms with Crippen LogP contribution in [-0.4, -0.2) is 44.4 Å². The van der Waals surface area contributed by atoms with Gasteiger partial charge in [0.2, 0.25) is 0 Å². The number of alkyl halides is 3. The Morgan fingerprint density at radius 2 is 1.96 bits per heavy atom. The quantitative estimate of drug-likeness (QED) is 0.843. The normalized spacial score (nSPS) is 17.4. The zero-order valence-electron chi connectivity index (χ0n) is 12.8. The van der Waals surface area contributed by atoms with Crippen LogP contribution in [0.25, 0.3) is 0 Å². The van der Waals surface area contributed by atoms with Crippen LogP contribution >= 0.6 is 24.0 Å². The molecule has 0 bridgehead atoms. The highest BCUT2D eigenvalue weighted by atomic mass is 35.5. The molecular formula is C15H21Cl2F3N2O. The van der Waals surface area contributed by atoms with Gasteiger partial charge in [0.1, 0.15) is 5.75 Å². The summed E-state index contributed by atoms with van der Waals surface area (Å²) in [5, 5.41) is 3.67. The molecule has 132 valence electrons. The summed E-state index contributed by atoms with van der Waals surface area (Å²) in [6.45, 7) is 3.03. The summed E-state index contributed by atoms with van der Waals surface area (Å²) in [6, 6.07) is 4.92. The zero-order chi connectivity index (χ0) is 16.2. The summed E-state index contributed by atoms with van der Waals surface area (Å²) in [4.78, 5) is 2.09. The second-order valence-corrected chi connectivity index (χ2v) is 5.76. The van der Waals surface area contributed by atoms with Crippen molar-refractivity contribution < 1.29 is 17.9 Å². The van der Waals surface area contributed by atoms with Crippen LogP contribution in [0.2, 0.25) is 5.02 Å². The molecule has 1 aliphatic rings. The Bertz CT molecular complexity index is 494. The maximum absolute atomic E-state index is 12.6. The number of rotatable bonds is 5. The predicted octanol–water partition coefficient (Wildman–Crippen LogP) is 4.06. The maximum atomic E-state index is 12.6. The minimum atomic E-state index is -4.15. The van der Waals surface area contributed by atoms with E-state index in [0.717, 1.165) is 31.7 Å². The molecule has 1 saturated heterocycles. The smallest absolute Gasteiger partial charge is 0.389 e. The monoisotopic (exact) mass is 372 g/mol. The summed E-state index contributed by atoms with van der Waals surface area (Å²) in [7, 11) is 1.50. The van der Waals surface area contributed by atoms with E-state index in [1.165, 1.54) is 7.11 Å². The van der Waals surface area contributed by atoms with Crippen molar-refractivity contribution in [2.75, 3.05) is 33.3 Å². The Labute approximate surface area is 145 Å². The van der Waals surface area contributed by atoms with Crippen molar-refractivity contribution >= 4 is 24.0 Å². The van der Waals surface area contributed by atoms with Crippen molar-refractivity contribution in [1.82, 2.24) is 10.2 Å². The van der Waals surface area contributed by atoms with Crippen molar-refractivity contribution in [2.45, 2.75) is 25.1 Å². The molecule has 0 aromatic heterocycles. The molecule has 0 radical (unpaired) electrons. The van der Waals surface area contributed by atoms with Crippen LogP contribution in [-0.2, 0) is 0 Å². The summed E-state index contributed by atoms with van der Waals surface area (Å²) in [6.07, 6.45) is -4.91. The lowest BCUT2D eigenvalue weighted by molar-refractivity contribution is -0.138. The van der Waals surface area contributed by atoms with Crippen LogP contribution in [0.1, 0.15) is 24.4 Å². The van der Waals surface area contributed by atoms with Crippen molar-refractivity contribution in [3.63, 3.8) is 0 Å². The lowest BCUT2D eigenvalue weighted by Crippen LogP contribution is -2.45. The molecule has 1 aromatic carbocycles. The Morgan fingerprint density at radius 1 is 1.30 bits per heavy atom. The molecule has 0 saturated carbocycles. The van der Waals surface area contributed by atoms with Gasteiger partial charge in [-0.3, -0.25) is 4.90 Å². The fourth-order valence-electron chi connectivity index (χ4n) is 2.74. The molecule has 3 nitrogen and oxygen atoms in total. The summed E-state index contributed by atoms with van der Waals surface area (Å²) >= 11 is 6.01. The van der Waals surface area contributed by atoms with E-state index in [1.54, 1.807) is 18.2 Å². The molecule has 1 atom stereocenters. The molecule has 0 spiro atoms. The number of ether oxygens (including phenoxy) is 1. The van der Waals surface area contributed by atoms with Crippen molar-refractivity contribution in [3.05, 3.63) is 28.8 Å². The molecule has 0 unspecified atom stereocenters. The number of methoxy groups -OCH3 is 1. The first kappa shape index (κ1) is 20.4. The molecule has 1 aromatic rings. The van der Waals surface area contributed by atoms with E-state index < -0.39 is 12.6 Å². The summed E-state index contributed by atoms with van der Waals surface area (Å²) in [5.41, 5.74) is 0.812. The van der Waals surface area contributed by atoms with E-state index in [2.05, 4.69) is 10.2 Å². The fraction of sp³-hybridized carbons (Fsp3) is 0.600. The van der Waals surface area contributed by atoms with Crippen molar-refractivity contribution in [1.29, 1.82) is 0 Å². The van der Waals surface area contributed by atoms with Crippen LogP contribution < -0.4 is 10.1 Å². The van der Waals surface area contributed by atoms with Crippen LogP contribution in [0, 0.1) is 0 Å². The second kappa shape index (κ2) is 8.97. The average molecular weight is 373 g/mol. The molecule has 0 aliphatic carbocycles. The Balaban J connectivity index is 0.00000264. The number of hydrogen-bond donors (Lipinski definition) is 1. The zero-order valence-corrected chi connectivity index (χ0v) is 14.4. The number of benzene rings is 1. The Kier molecular flexibility index (Phi) is 7.94. The fourth-order valence-corrected chi connectivity index (χ4v) is 2.93. The van der Waals surface area contributed by atoms with Gasteiger partial charge in [-0.05, 0) is 24.1 Å². The van der Waals surface area contributed by atoms with E-state index in [1.807, 2.05) is 0 Å². The summed E-state index contributed by atoms with van der Waals surface area (Å²) in [5.74, 6) is 0.492. The third-order valence-corrected chi connectivity index (χ3v) is 4.17. The first-order valence-electron chi connectivity index (χ1n) is 7.25. The molecule has 1 aliphatic heterocycles. The molecule has 23 heavy (non-hydrogen) atoms. The second-order valence-electron chi connectivity index (χ2n) is 5.35. The van der Waals surface area contributed by atoms with Gasteiger partial charge in [-0.2, -0.15) is 13.2 Å². The van der Waals surface area contributed by atoms with Gasteiger partial charge in [-0.15, -0.1) is 12.4 Å². The number of halogens is 5. The third kappa shape index (κ3) is 6.03. The molecule has 1 heterocycles. The molecule has 1 fully saturated rings. The summed E-state index contributed by atoms with van der Waals surface area (Å²) < 4.78 is 43.1. The minimum Gasteiger partial charge on any atom is -0.495 e. The van der Waals surface area contributed by atoms with Crippen LogP contribution in [0.3, 0.4) is 0 Å². The Hall–Kier alpha value is -0.690. The van der Waals surface area contributed by atoms with Gasteiger partial charge in [0, 0.05) is 38.6 Å². The number of nitrogens with one attached hydrogen (secondary N) is 1. The molecule has 0 amide bonds. The number of piperazine rings is 1. The minimum absolute atomic E-state index is 0. The molecule has 2 rings (SSSR count). The van der Waals surface area contributed by atoms with Crippen LogP contribution in [0.5, 0.6) is 5.75 Å². The van der Waals surface area contributed by atoms with Gasteiger partial charge in [0.15, 0.2) is 0 Å². The molecular weight excluding hydrogens is 352 g/mol. The van der Waals surface area contributed by atoms with Crippen LogP contribution in [0.15, 0.2) is 18.2 Å². The molecule has 1 N–H and O–H groups in total. The highest BCUT2D eigenvalue weighted by molar-refractivity contribution is 6.32. The first-order valence-corrected chi connectivity index (χ1v) is 7.63. The van der Waals surface area contributed by atoms with E-state index in [9.17, 15) is 13.2 Å². The van der Waals surface area contributed by atoms with Gasteiger partial charge in [-0.25, -0.2) is 0 Å². The lowest BCUT2D eigenvalue weighted by atomic mass is 9.99. The van der Waals surface area contributed by atoms with E-state index >= 15 is 0 Å². The number of nitrogens with zero attached hydrogens (tertiary/aromatic N) is 1. The predicted molar refractivity (Wildman–Crippen MR) is 87.7 cm³/mol. The maximum Gasteiger partial charge on any atom is 0.389 e. The van der Waals surface area contributed by atoms with Crippen LogP contribution in [0.4, 0.5) is 13.2 Å². The third-order valence-electron chi connectivity index (χ3n) is 3.85. The standard InChI is InChI=1S/C15H20ClF3N2O.ClH/c1-22-14-10-11(2-3-12(14)16)13(4-5-15(17,18)19)21-8-6-20-7-9-21;/h2-3,10,13,20H,4-9H2,1H3;1H/t13-;/m1./s1. The van der Waals surface area contributed by atoms with Gasteiger partial charge in [0.25, 0.3) is 0 Å². The lowest BCUT2D eigenvalue weighted by Gasteiger charge is -2.35. The van der Waals surface area contributed by atoms with E-state index in [4.69, 9.17) is 16.3 Å². The van der Waals surface area contributed by atoms with E-state index in [-0.39, 0.29) is 24.9 Å². The molecule has 8 heteroatoms. The Morgan fingerprint density at radius 3 is 2.52 bits per heavy atom. The SMILES string of the molecule is COc1cc([C@@H](CCC(F)(F)F)N2CCNCC2)ccc1Cl.Cl. The topological polar surface area (TPSA) is 24.5 Å². The van der Waals surface area contributed by atoms with Crippen molar-refractivity contribution in [2.24, 2.45) is 0 Å². The van der Waals surface area contributed by atoms with E-state index in [0.29, 0.717) is 10.8 Å². The number of hydrogen-bond acceptors (Lipinski definition) is 3. The van der Waals surface area contributed by atoms with Crippen molar-refractivity contribution in [3.8, 4) is 5.75 Å². The van der Waals surface area contributed by atoms with Gasteiger partial charge < -0.3 is 10.1 Å². The van der Waals surface area contributed by atoms with Gasteiger partial charge in [0.05, 0.1) is 12.1 Å². The largest absolute Gasteiger partial charge is 0.495 e. The highest BCUT2D eigenvalue weighted by Gasteiger charge is 2.31. The van der Waals surface area contributed by atoms with Gasteiger partial charge >= 0.3 is 6.18 Å². The average Bonchev–Trinajstić information content (AvgIpc) is 2.49. The highest BCUT2D eigenvalue weighted by Crippen LogP contribution is 2.35. The van der Waals surface area contributed by atoms with Gasteiger partial charge in [-0.1, -0.05) is 17.7 Å². The first-order chi connectivity index (χ1) is 10.4.